The minimum atomic E-state index is -4.30. The minimum absolute atomic E-state index is 0.0238. The highest BCUT2D eigenvalue weighted by Crippen LogP contribution is 2.17. The zero-order valence-corrected chi connectivity index (χ0v) is 10.7. The van der Waals surface area contributed by atoms with Crippen molar-refractivity contribution in [1.29, 1.82) is 0 Å². The molecule has 0 bridgehead atoms. The van der Waals surface area contributed by atoms with Crippen LogP contribution in [0.3, 0.4) is 0 Å². The van der Waals surface area contributed by atoms with Crippen molar-refractivity contribution in [2.75, 3.05) is 26.4 Å². The van der Waals surface area contributed by atoms with Gasteiger partial charge in [0.25, 0.3) is 0 Å². The molecule has 0 aliphatic rings. The molecular formula is C14H15F3O3. The Kier molecular flexibility index (Phi) is 6.91. The molecule has 1 aromatic rings. The maximum atomic E-state index is 11.8. The average Bonchev–Trinajstić information content (AvgIpc) is 2.40. The summed E-state index contributed by atoms with van der Waals surface area (Å²) in [4.78, 5) is 0. The Morgan fingerprint density at radius 1 is 1.15 bits per heavy atom. The van der Waals surface area contributed by atoms with Gasteiger partial charge in [-0.25, -0.2) is 0 Å². The first-order valence-corrected chi connectivity index (χ1v) is 5.99. The number of hydrogen-bond donors (Lipinski definition) is 1. The highest BCUT2D eigenvalue weighted by molar-refractivity contribution is 5.45. The molecule has 0 atom stereocenters. The zero-order valence-electron chi connectivity index (χ0n) is 10.7. The second-order valence-corrected chi connectivity index (χ2v) is 3.83. The van der Waals surface area contributed by atoms with E-state index in [1.165, 1.54) is 0 Å². The van der Waals surface area contributed by atoms with Gasteiger partial charge in [0.1, 0.15) is 19.0 Å². The van der Waals surface area contributed by atoms with E-state index in [1.807, 2.05) is 0 Å². The quantitative estimate of drug-likeness (QED) is 0.645. The number of para-hydroxylation sites is 1. The molecule has 0 aromatic heterocycles. The van der Waals surface area contributed by atoms with Crippen molar-refractivity contribution < 1.29 is 27.8 Å². The van der Waals surface area contributed by atoms with Crippen molar-refractivity contribution in [3.63, 3.8) is 0 Å². The summed E-state index contributed by atoms with van der Waals surface area (Å²) in [5, 5.41) is 8.63. The van der Waals surface area contributed by atoms with Crippen LogP contribution in [0.2, 0.25) is 0 Å². The van der Waals surface area contributed by atoms with Crippen molar-refractivity contribution in [1.82, 2.24) is 0 Å². The normalized spacial score (nSPS) is 10.8. The van der Waals surface area contributed by atoms with Crippen LogP contribution in [-0.4, -0.2) is 37.7 Å². The fourth-order valence-electron chi connectivity index (χ4n) is 1.36. The molecule has 0 heterocycles. The van der Waals surface area contributed by atoms with E-state index in [4.69, 9.17) is 9.84 Å². The van der Waals surface area contributed by atoms with E-state index in [9.17, 15) is 13.2 Å². The number of hydrogen-bond acceptors (Lipinski definition) is 3. The summed E-state index contributed by atoms with van der Waals surface area (Å²) in [6, 6.07) is 6.98. The number of halogens is 3. The molecule has 0 aliphatic heterocycles. The fourth-order valence-corrected chi connectivity index (χ4v) is 1.36. The lowest BCUT2D eigenvalue weighted by molar-refractivity contribution is -0.174. The molecule has 0 fully saturated rings. The Morgan fingerprint density at radius 3 is 2.60 bits per heavy atom. The van der Waals surface area contributed by atoms with E-state index in [2.05, 4.69) is 16.6 Å². The summed E-state index contributed by atoms with van der Waals surface area (Å²) >= 11 is 0. The first kappa shape index (κ1) is 16.3. The summed E-state index contributed by atoms with van der Waals surface area (Å²) < 4.78 is 45.3. The van der Waals surface area contributed by atoms with E-state index in [1.54, 1.807) is 24.3 Å². The summed E-state index contributed by atoms with van der Waals surface area (Å²) in [7, 11) is 0. The lowest BCUT2D eigenvalue weighted by Crippen LogP contribution is -2.18. The molecule has 0 spiro atoms. The van der Waals surface area contributed by atoms with Crippen molar-refractivity contribution in [2.24, 2.45) is 0 Å². The molecule has 1 N–H and O–H groups in total. The van der Waals surface area contributed by atoms with E-state index >= 15 is 0 Å². The fraction of sp³-hybridized carbons (Fsp3) is 0.429. The number of benzene rings is 1. The van der Waals surface area contributed by atoms with Gasteiger partial charge in [0.05, 0.1) is 18.8 Å². The molecule has 1 aromatic carbocycles. The Bertz CT molecular complexity index is 461. The monoisotopic (exact) mass is 288 g/mol. The van der Waals surface area contributed by atoms with Gasteiger partial charge in [-0.3, -0.25) is 0 Å². The zero-order chi connectivity index (χ0) is 14.8. The molecule has 0 saturated heterocycles. The lowest BCUT2D eigenvalue weighted by Gasteiger charge is -2.09. The van der Waals surface area contributed by atoms with E-state index in [0.29, 0.717) is 17.7 Å². The Labute approximate surface area is 115 Å². The number of alkyl halides is 3. The summed E-state index contributed by atoms with van der Waals surface area (Å²) in [6.07, 6.45) is -3.95. The summed E-state index contributed by atoms with van der Waals surface area (Å²) in [5.74, 6) is 5.77. The van der Waals surface area contributed by atoms with Crippen LogP contribution in [0.15, 0.2) is 24.3 Å². The first-order chi connectivity index (χ1) is 9.53. The molecule has 6 heteroatoms. The smallest absolute Gasteiger partial charge is 0.411 e. The topological polar surface area (TPSA) is 38.7 Å². The van der Waals surface area contributed by atoms with Crippen LogP contribution >= 0.6 is 0 Å². The molecule has 0 radical (unpaired) electrons. The largest absolute Gasteiger partial charge is 0.492 e. The maximum absolute atomic E-state index is 11.8. The third-order valence-electron chi connectivity index (χ3n) is 2.15. The van der Waals surface area contributed by atoms with Gasteiger partial charge in [0.15, 0.2) is 0 Å². The molecule has 0 saturated carbocycles. The van der Waals surface area contributed by atoms with Crippen molar-refractivity contribution in [3.05, 3.63) is 29.8 Å². The third kappa shape index (κ3) is 7.02. The van der Waals surface area contributed by atoms with Crippen LogP contribution in [0, 0.1) is 11.8 Å². The van der Waals surface area contributed by atoms with Gasteiger partial charge in [-0.05, 0) is 12.1 Å². The number of aliphatic hydroxyl groups excluding tert-OH is 1. The van der Waals surface area contributed by atoms with E-state index < -0.39 is 12.8 Å². The molecular weight excluding hydrogens is 273 g/mol. The van der Waals surface area contributed by atoms with Crippen LogP contribution in [0.4, 0.5) is 13.2 Å². The maximum Gasteiger partial charge on any atom is 0.411 e. The van der Waals surface area contributed by atoms with Gasteiger partial charge in [-0.1, -0.05) is 24.0 Å². The molecule has 0 aliphatic carbocycles. The summed E-state index contributed by atoms with van der Waals surface area (Å²) in [5.41, 5.74) is 0.623. The van der Waals surface area contributed by atoms with E-state index in [-0.39, 0.29) is 19.8 Å². The predicted octanol–water partition coefficient (Wildman–Crippen LogP) is 2.38. The van der Waals surface area contributed by atoms with Gasteiger partial charge in [0.2, 0.25) is 0 Å². The van der Waals surface area contributed by atoms with Crippen molar-refractivity contribution in [3.8, 4) is 17.6 Å². The molecule has 110 valence electrons. The molecule has 0 unspecified atom stereocenters. The van der Waals surface area contributed by atoms with E-state index in [0.717, 1.165) is 0 Å². The SMILES string of the molecule is OCC#Cc1ccccc1OCCCOCC(F)(F)F. The van der Waals surface area contributed by atoms with Crippen LogP contribution in [0.1, 0.15) is 12.0 Å². The van der Waals surface area contributed by atoms with Gasteiger partial charge in [-0.15, -0.1) is 0 Å². The number of aliphatic hydroxyl groups is 1. The molecule has 1 rings (SSSR count). The third-order valence-corrected chi connectivity index (χ3v) is 2.15. The number of ether oxygens (including phenoxy) is 2. The Hall–Kier alpha value is -1.71. The highest BCUT2D eigenvalue weighted by Gasteiger charge is 2.27. The Morgan fingerprint density at radius 2 is 1.90 bits per heavy atom. The standard InChI is InChI=1S/C14H15F3O3/c15-14(16,17)11-19-9-4-10-20-13-7-2-1-5-12(13)6-3-8-18/h1-2,5,7,18H,4,8-11H2. The number of rotatable bonds is 6. The Balaban J connectivity index is 2.32. The molecule has 3 nitrogen and oxygen atoms in total. The lowest BCUT2D eigenvalue weighted by atomic mass is 10.2. The summed E-state index contributed by atoms with van der Waals surface area (Å²) in [6.45, 7) is -1.29. The van der Waals surface area contributed by atoms with Crippen LogP contribution in [0.25, 0.3) is 0 Å². The first-order valence-electron chi connectivity index (χ1n) is 5.99. The molecule has 20 heavy (non-hydrogen) atoms. The van der Waals surface area contributed by atoms with Crippen molar-refractivity contribution >= 4 is 0 Å². The van der Waals surface area contributed by atoms with Crippen LogP contribution < -0.4 is 4.74 Å². The molecule has 0 amide bonds. The highest BCUT2D eigenvalue weighted by atomic mass is 19.4. The van der Waals surface area contributed by atoms with Gasteiger partial charge >= 0.3 is 6.18 Å². The van der Waals surface area contributed by atoms with Gasteiger partial charge in [0, 0.05) is 6.42 Å². The van der Waals surface area contributed by atoms with Crippen LogP contribution in [-0.2, 0) is 4.74 Å². The second-order valence-electron chi connectivity index (χ2n) is 3.83. The van der Waals surface area contributed by atoms with Gasteiger partial charge < -0.3 is 14.6 Å². The second kappa shape index (κ2) is 8.46. The van der Waals surface area contributed by atoms with Crippen molar-refractivity contribution in [2.45, 2.75) is 12.6 Å². The average molecular weight is 288 g/mol. The minimum Gasteiger partial charge on any atom is -0.492 e. The van der Waals surface area contributed by atoms with Crippen LogP contribution in [0.5, 0.6) is 5.75 Å². The predicted molar refractivity (Wildman–Crippen MR) is 67.4 cm³/mol. The van der Waals surface area contributed by atoms with Gasteiger partial charge in [-0.2, -0.15) is 13.2 Å².